The van der Waals surface area contributed by atoms with E-state index >= 15 is 0 Å². The van der Waals surface area contributed by atoms with Crippen LogP contribution in [0.2, 0.25) is 0 Å². The van der Waals surface area contributed by atoms with Crippen LogP contribution in [0.1, 0.15) is 59.1 Å². The van der Waals surface area contributed by atoms with Gasteiger partial charge in [-0.15, -0.1) is 0 Å². The average Bonchev–Trinajstić information content (AvgIpc) is 2.49. The second-order valence-corrected chi connectivity index (χ2v) is 6.30. The van der Waals surface area contributed by atoms with E-state index in [1.807, 2.05) is 0 Å². The molecule has 0 amide bonds. The number of likely N-dealkylation sites (N-methyl/N-ethyl adjacent to an activating group) is 1. The fraction of sp³-hybridized carbons (Fsp3) is 0.684. The highest BCUT2D eigenvalue weighted by molar-refractivity contribution is 5.20. The van der Waals surface area contributed by atoms with Gasteiger partial charge in [-0.25, -0.2) is 0 Å². The van der Waals surface area contributed by atoms with Crippen LogP contribution in [0.15, 0.2) is 30.3 Å². The molecule has 1 aromatic rings. The third kappa shape index (κ3) is 5.80. The molecule has 1 rings (SSSR count). The molecule has 2 nitrogen and oxygen atoms in total. The summed E-state index contributed by atoms with van der Waals surface area (Å²) >= 11 is 0. The number of benzene rings is 1. The molecular weight excluding hydrogens is 256 g/mol. The van der Waals surface area contributed by atoms with Gasteiger partial charge in [0.1, 0.15) is 0 Å². The molecule has 2 heteroatoms. The smallest absolute Gasteiger partial charge is 0.0475 e. The van der Waals surface area contributed by atoms with Crippen LogP contribution in [0.4, 0.5) is 0 Å². The highest BCUT2D eigenvalue weighted by Gasteiger charge is 2.25. The SMILES string of the molecule is CCNCC(c1ccccc1)N(CC(C)C)C(CC)CC. The zero-order valence-electron chi connectivity index (χ0n) is 14.6. The quantitative estimate of drug-likeness (QED) is 0.683. The molecule has 0 bridgehead atoms. The molecule has 0 radical (unpaired) electrons. The van der Waals surface area contributed by atoms with Crippen LogP contribution < -0.4 is 5.32 Å². The normalized spacial score (nSPS) is 13.3. The molecule has 1 N–H and O–H groups in total. The van der Waals surface area contributed by atoms with E-state index in [2.05, 4.69) is 75.2 Å². The van der Waals surface area contributed by atoms with E-state index in [0.29, 0.717) is 18.0 Å². The van der Waals surface area contributed by atoms with E-state index in [9.17, 15) is 0 Å². The Morgan fingerprint density at radius 3 is 2.10 bits per heavy atom. The second kappa shape index (κ2) is 9.97. The Labute approximate surface area is 131 Å². The first kappa shape index (κ1) is 18.2. The summed E-state index contributed by atoms with van der Waals surface area (Å²) in [6, 6.07) is 12.1. The Balaban J connectivity index is 3.03. The van der Waals surface area contributed by atoms with Gasteiger partial charge in [0.05, 0.1) is 0 Å². The predicted octanol–water partition coefficient (Wildman–Crippen LogP) is 4.48. The number of rotatable bonds is 10. The van der Waals surface area contributed by atoms with Crippen molar-refractivity contribution in [2.24, 2.45) is 5.92 Å². The molecule has 0 aliphatic heterocycles. The lowest BCUT2D eigenvalue weighted by Gasteiger charge is -2.39. The molecule has 1 atom stereocenters. The molecule has 0 heterocycles. The van der Waals surface area contributed by atoms with Gasteiger partial charge in [-0.05, 0) is 30.9 Å². The zero-order valence-corrected chi connectivity index (χ0v) is 14.6. The molecule has 21 heavy (non-hydrogen) atoms. The Morgan fingerprint density at radius 1 is 1.00 bits per heavy atom. The highest BCUT2D eigenvalue weighted by Crippen LogP contribution is 2.26. The fourth-order valence-corrected chi connectivity index (χ4v) is 3.09. The van der Waals surface area contributed by atoms with Gasteiger partial charge in [-0.1, -0.05) is 65.0 Å². The third-order valence-corrected chi connectivity index (χ3v) is 4.16. The molecular formula is C19H34N2. The first-order valence-corrected chi connectivity index (χ1v) is 8.65. The van der Waals surface area contributed by atoms with Crippen molar-refractivity contribution < 1.29 is 0 Å². The summed E-state index contributed by atoms with van der Waals surface area (Å²) in [5.41, 5.74) is 1.44. The predicted molar refractivity (Wildman–Crippen MR) is 93.6 cm³/mol. The number of nitrogens with zero attached hydrogens (tertiary/aromatic N) is 1. The summed E-state index contributed by atoms with van der Waals surface area (Å²) in [5, 5.41) is 3.56. The van der Waals surface area contributed by atoms with Gasteiger partial charge in [0, 0.05) is 25.2 Å². The van der Waals surface area contributed by atoms with Gasteiger partial charge in [0.2, 0.25) is 0 Å². The van der Waals surface area contributed by atoms with Crippen molar-refractivity contribution in [1.82, 2.24) is 10.2 Å². The summed E-state index contributed by atoms with van der Waals surface area (Å²) in [6.45, 7) is 14.7. The van der Waals surface area contributed by atoms with Crippen molar-refractivity contribution in [3.8, 4) is 0 Å². The Hall–Kier alpha value is -0.860. The first-order chi connectivity index (χ1) is 10.1. The molecule has 0 saturated carbocycles. The van der Waals surface area contributed by atoms with Crippen LogP contribution in [-0.4, -0.2) is 30.6 Å². The number of nitrogens with one attached hydrogen (secondary N) is 1. The largest absolute Gasteiger partial charge is 0.315 e. The fourth-order valence-electron chi connectivity index (χ4n) is 3.09. The Kier molecular flexibility index (Phi) is 8.63. The van der Waals surface area contributed by atoms with Crippen LogP contribution in [-0.2, 0) is 0 Å². The molecule has 120 valence electrons. The summed E-state index contributed by atoms with van der Waals surface area (Å²) in [6.07, 6.45) is 2.44. The molecule has 0 aliphatic carbocycles. The third-order valence-electron chi connectivity index (χ3n) is 4.16. The topological polar surface area (TPSA) is 15.3 Å². The molecule has 0 saturated heterocycles. The average molecular weight is 290 g/mol. The minimum Gasteiger partial charge on any atom is -0.315 e. The van der Waals surface area contributed by atoms with Crippen molar-refractivity contribution in [2.75, 3.05) is 19.6 Å². The van der Waals surface area contributed by atoms with Crippen molar-refractivity contribution in [2.45, 2.75) is 59.5 Å². The second-order valence-electron chi connectivity index (χ2n) is 6.30. The van der Waals surface area contributed by atoms with E-state index in [1.165, 1.54) is 18.4 Å². The maximum Gasteiger partial charge on any atom is 0.0475 e. The lowest BCUT2D eigenvalue weighted by atomic mass is 9.99. The maximum atomic E-state index is 3.56. The van der Waals surface area contributed by atoms with Gasteiger partial charge in [0.25, 0.3) is 0 Å². The maximum absolute atomic E-state index is 3.56. The van der Waals surface area contributed by atoms with Gasteiger partial charge >= 0.3 is 0 Å². The summed E-state index contributed by atoms with van der Waals surface area (Å²) in [7, 11) is 0. The van der Waals surface area contributed by atoms with Gasteiger partial charge < -0.3 is 5.32 Å². The van der Waals surface area contributed by atoms with Crippen LogP contribution >= 0.6 is 0 Å². The van der Waals surface area contributed by atoms with Gasteiger partial charge in [0.15, 0.2) is 0 Å². The zero-order chi connectivity index (χ0) is 15.7. The minimum atomic E-state index is 0.471. The van der Waals surface area contributed by atoms with Crippen molar-refractivity contribution in [1.29, 1.82) is 0 Å². The van der Waals surface area contributed by atoms with E-state index in [-0.39, 0.29) is 0 Å². The number of hydrogen-bond donors (Lipinski definition) is 1. The van der Waals surface area contributed by atoms with Crippen LogP contribution in [0.25, 0.3) is 0 Å². The number of hydrogen-bond acceptors (Lipinski definition) is 2. The van der Waals surface area contributed by atoms with E-state index in [0.717, 1.165) is 19.6 Å². The van der Waals surface area contributed by atoms with E-state index < -0.39 is 0 Å². The lowest BCUT2D eigenvalue weighted by molar-refractivity contribution is 0.107. The highest BCUT2D eigenvalue weighted by atomic mass is 15.2. The van der Waals surface area contributed by atoms with Gasteiger partial charge in [-0.3, -0.25) is 4.90 Å². The van der Waals surface area contributed by atoms with Crippen molar-refractivity contribution in [3.63, 3.8) is 0 Å². The monoisotopic (exact) mass is 290 g/mol. The Morgan fingerprint density at radius 2 is 1.62 bits per heavy atom. The molecule has 0 aromatic heterocycles. The van der Waals surface area contributed by atoms with E-state index in [4.69, 9.17) is 0 Å². The van der Waals surface area contributed by atoms with E-state index in [1.54, 1.807) is 0 Å². The van der Waals surface area contributed by atoms with Crippen molar-refractivity contribution >= 4 is 0 Å². The Bertz CT molecular complexity index is 357. The molecule has 0 fully saturated rings. The standard InChI is InChI=1S/C19H34N2/c1-6-18(7-2)21(15-16(4)5)19(14-20-8-3)17-12-10-9-11-13-17/h9-13,16,18-20H,6-8,14-15H2,1-5H3. The van der Waals surface area contributed by atoms with Crippen LogP contribution in [0.3, 0.4) is 0 Å². The minimum absolute atomic E-state index is 0.471. The van der Waals surface area contributed by atoms with Crippen LogP contribution in [0, 0.1) is 5.92 Å². The van der Waals surface area contributed by atoms with Crippen LogP contribution in [0.5, 0.6) is 0 Å². The summed E-state index contributed by atoms with van der Waals surface area (Å²) < 4.78 is 0. The molecule has 0 spiro atoms. The molecule has 1 aromatic carbocycles. The summed E-state index contributed by atoms with van der Waals surface area (Å²) in [5.74, 6) is 0.693. The first-order valence-electron chi connectivity index (χ1n) is 8.65. The molecule has 0 aliphatic rings. The molecule has 1 unspecified atom stereocenters. The van der Waals surface area contributed by atoms with Crippen molar-refractivity contribution in [3.05, 3.63) is 35.9 Å². The van der Waals surface area contributed by atoms with Gasteiger partial charge in [-0.2, -0.15) is 0 Å². The summed E-state index contributed by atoms with van der Waals surface area (Å²) in [4.78, 5) is 2.72. The lowest BCUT2D eigenvalue weighted by Crippen LogP contribution is -2.44.